The molecule has 0 N–H and O–H groups in total. The molecule has 6 nitrogen and oxygen atoms in total. The van der Waals surface area contributed by atoms with Gasteiger partial charge in [-0.1, -0.05) is 29.4 Å². The largest absolute Gasteiger partial charge is 0.339 e. The quantitative estimate of drug-likeness (QED) is 0.569. The maximum atomic E-state index is 13.9. The van der Waals surface area contributed by atoms with E-state index in [2.05, 4.69) is 10.1 Å². The third kappa shape index (κ3) is 4.99. The van der Waals surface area contributed by atoms with Crippen molar-refractivity contribution < 1.29 is 21.7 Å². The highest BCUT2D eigenvalue weighted by molar-refractivity contribution is 7.88. The molecule has 3 aromatic rings. The second-order valence-corrected chi connectivity index (χ2v) is 9.86. The molecule has 1 aliphatic rings. The van der Waals surface area contributed by atoms with Crippen molar-refractivity contribution in [3.63, 3.8) is 0 Å². The minimum atomic E-state index is -3.78. The van der Waals surface area contributed by atoms with Crippen LogP contribution >= 0.6 is 0 Å². The number of nitrogens with zero attached hydrogens (tertiary/aromatic N) is 3. The summed E-state index contributed by atoms with van der Waals surface area (Å²) in [7, 11) is -3.78. The second kappa shape index (κ2) is 8.84. The maximum Gasteiger partial charge on any atom is 0.227 e. The highest BCUT2D eigenvalue weighted by atomic mass is 32.2. The van der Waals surface area contributed by atoms with Crippen LogP contribution in [0.3, 0.4) is 0 Å². The van der Waals surface area contributed by atoms with Crippen LogP contribution in [-0.2, 0) is 22.2 Å². The number of rotatable bonds is 6. The van der Waals surface area contributed by atoms with Gasteiger partial charge in [-0.3, -0.25) is 0 Å². The van der Waals surface area contributed by atoms with Gasteiger partial charge in [-0.05, 0) is 49.4 Å². The van der Waals surface area contributed by atoms with E-state index in [0.29, 0.717) is 31.1 Å². The zero-order valence-corrected chi connectivity index (χ0v) is 17.9. The predicted octanol–water partition coefficient (Wildman–Crippen LogP) is 4.11. The summed E-state index contributed by atoms with van der Waals surface area (Å²) >= 11 is 0. The van der Waals surface area contributed by atoms with Crippen molar-refractivity contribution in [2.24, 2.45) is 5.92 Å². The molecule has 0 radical (unpaired) electrons. The summed E-state index contributed by atoms with van der Waals surface area (Å²) in [5, 5.41) is 4.06. The molecule has 164 valence electrons. The van der Waals surface area contributed by atoms with Gasteiger partial charge in [0.1, 0.15) is 11.6 Å². The summed E-state index contributed by atoms with van der Waals surface area (Å²) in [5.41, 5.74) is 1.76. The van der Waals surface area contributed by atoms with Gasteiger partial charge < -0.3 is 4.52 Å². The van der Waals surface area contributed by atoms with Gasteiger partial charge in [0, 0.05) is 30.6 Å². The van der Waals surface area contributed by atoms with Gasteiger partial charge in [-0.25, -0.2) is 21.5 Å². The smallest absolute Gasteiger partial charge is 0.227 e. The molecule has 1 fully saturated rings. The first-order valence-corrected chi connectivity index (χ1v) is 11.7. The molecule has 0 aliphatic carbocycles. The average molecular weight is 448 g/mol. The lowest BCUT2D eigenvalue weighted by atomic mass is 9.96. The summed E-state index contributed by atoms with van der Waals surface area (Å²) in [6, 6.07) is 10.6. The summed E-state index contributed by atoms with van der Waals surface area (Å²) in [5.74, 6) is -0.988. The molecule has 0 spiro atoms. The fraction of sp³-hybridized carbons (Fsp3) is 0.364. The molecule has 9 heteroatoms. The lowest BCUT2D eigenvalue weighted by Crippen LogP contribution is -2.41. The topological polar surface area (TPSA) is 76.3 Å². The van der Waals surface area contributed by atoms with Crippen molar-refractivity contribution in [3.8, 4) is 11.4 Å². The van der Waals surface area contributed by atoms with Crippen LogP contribution in [0.25, 0.3) is 11.4 Å². The monoisotopic (exact) mass is 447 g/mol. The van der Waals surface area contributed by atoms with Gasteiger partial charge in [0.05, 0.1) is 5.75 Å². The van der Waals surface area contributed by atoms with Crippen molar-refractivity contribution >= 4 is 10.0 Å². The van der Waals surface area contributed by atoms with Crippen LogP contribution in [-0.4, -0.2) is 36.0 Å². The number of sulfonamides is 1. The fourth-order valence-electron chi connectivity index (χ4n) is 3.91. The molecule has 0 bridgehead atoms. The van der Waals surface area contributed by atoms with Gasteiger partial charge in [0.2, 0.25) is 21.7 Å². The zero-order chi connectivity index (χ0) is 22.0. The number of aromatic nitrogens is 2. The molecular weight excluding hydrogens is 424 g/mol. The lowest BCUT2D eigenvalue weighted by Gasteiger charge is -2.31. The van der Waals surface area contributed by atoms with E-state index in [1.807, 2.05) is 31.2 Å². The molecule has 2 aromatic carbocycles. The van der Waals surface area contributed by atoms with Crippen molar-refractivity contribution in [1.29, 1.82) is 0 Å². The maximum absolute atomic E-state index is 13.9. The molecule has 1 aliphatic heterocycles. The molecule has 4 rings (SSSR count). The Kier molecular flexibility index (Phi) is 6.15. The number of aryl methyl sites for hydroxylation is 1. The van der Waals surface area contributed by atoms with E-state index in [0.717, 1.165) is 35.7 Å². The highest BCUT2D eigenvalue weighted by Crippen LogP contribution is 2.26. The van der Waals surface area contributed by atoms with E-state index in [9.17, 15) is 17.2 Å². The van der Waals surface area contributed by atoms with Crippen molar-refractivity contribution in [3.05, 3.63) is 71.1 Å². The number of hydrogen-bond donors (Lipinski definition) is 0. The van der Waals surface area contributed by atoms with E-state index in [4.69, 9.17) is 4.52 Å². The highest BCUT2D eigenvalue weighted by Gasteiger charge is 2.31. The SMILES string of the molecule is Cc1ccccc1-c1noc(CC2CCCN(S(=O)(=O)Cc3cc(F)ccc3F)C2)n1. The molecule has 0 amide bonds. The van der Waals surface area contributed by atoms with Crippen LogP contribution in [0.5, 0.6) is 0 Å². The van der Waals surface area contributed by atoms with Gasteiger partial charge in [0.25, 0.3) is 0 Å². The number of halogens is 2. The Bertz CT molecular complexity index is 1180. The summed E-state index contributed by atoms with van der Waals surface area (Å²) in [6.45, 7) is 2.60. The summed E-state index contributed by atoms with van der Waals surface area (Å²) in [4.78, 5) is 4.47. The first kappa shape index (κ1) is 21.6. The van der Waals surface area contributed by atoms with E-state index < -0.39 is 27.4 Å². The molecule has 1 aromatic heterocycles. The van der Waals surface area contributed by atoms with Gasteiger partial charge in [-0.15, -0.1) is 0 Å². The van der Waals surface area contributed by atoms with Gasteiger partial charge in [-0.2, -0.15) is 4.98 Å². The number of benzene rings is 2. The molecular formula is C22H23F2N3O3S. The summed E-state index contributed by atoms with van der Waals surface area (Å²) in [6.07, 6.45) is 1.95. The van der Waals surface area contributed by atoms with Crippen LogP contribution in [0.2, 0.25) is 0 Å². The normalized spacial score (nSPS) is 17.7. The fourth-order valence-corrected chi connectivity index (χ4v) is 5.55. The molecule has 31 heavy (non-hydrogen) atoms. The Morgan fingerprint density at radius 2 is 2.00 bits per heavy atom. The zero-order valence-electron chi connectivity index (χ0n) is 17.1. The first-order valence-electron chi connectivity index (χ1n) is 10.1. The first-order chi connectivity index (χ1) is 14.8. The predicted molar refractivity (Wildman–Crippen MR) is 111 cm³/mol. The van der Waals surface area contributed by atoms with Crippen molar-refractivity contribution in [2.75, 3.05) is 13.1 Å². The van der Waals surface area contributed by atoms with Crippen LogP contribution in [0.15, 0.2) is 47.0 Å². The minimum Gasteiger partial charge on any atom is -0.339 e. The molecule has 2 heterocycles. The van der Waals surface area contributed by atoms with Crippen molar-refractivity contribution in [2.45, 2.75) is 31.9 Å². The Labute approximate surface area is 179 Å². The minimum absolute atomic E-state index is 0.00560. The van der Waals surface area contributed by atoms with Gasteiger partial charge in [0.15, 0.2) is 0 Å². The molecule has 1 unspecified atom stereocenters. The standard InChI is InChI=1S/C22H23F2N3O3S/c1-15-5-2-3-7-19(15)22-25-21(30-26-22)11-16-6-4-10-27(13-16)31(28,29)14-17-12-18(23)8-9-20(17)24/h2-3,5,7-9,12,16H,4,6,10-11,13-14H2,1H3. The Morgan fingerprint density at radius 1 is 1.19 bits per heavy atom. The van der Waals surface area contributed by atoms with Crippen LogP contribution in [0.1, 0.15) is 29.9 Å². The third-order valence-electron chi connectivity index (χ3n) is 5.54. The van der Waals surface area contributed by atoms with Crippen LogP contribution in [0.4, 0.5) is 8.78 Å². The van der Waals surface area contributed by atoms with Crippen LogP contribution in [0, 0.1) is 24.5 Å². The van der Waals surface area contributed by atoms with Crippen LogP contribution < -0.4 is 0 Å². The Morgan fingerprint density at radius 3 is 2.81 bits per heavy atom. The van der Waals surface area contributed by atoms with E-state index in [-0.39, 0.29) is 18.0 Å². The van der Waals surface area contributed by atoms with E-state index in [1.54, 1.807) is 0 Å². The molecule has 1 saturated heterocycles. The molecule has 0 saturated carbocycles. The third-order valence-corrected chi connectivity index (χ3v) is 7.33. The van der Waals surface area contributed by atoms with E-state index >= 15 is 0 Å². The Hall–Kier alpha value is -2.65. The van der Waals surface area contributed by atoms with Crippen molar-refractivity contribution in [1.82, 2.24) is 14.4 Å². The second-order valence-electron chi connectivity index (χ2n) is 7.89. The lowest BCUT2D eigenvalue weighted by molar-refractivity contribution is 0.246. The average Bonchev–Trinajstić information content (AvgIpc) is 3.19. The number of hydrogen-bond acceptors (Lipinski definition) is 5. The summed E-state index contributed by atoms with van der Waals surface area (Å²) < 4.78 is 59.8. The number of piperidine rings is 1. The van der Waals surface area contributed by atoms with E-state index in [1.165, 1.54) is 4.31 Å². The molecule has 1 atom stereocenters. The Balaban J connectivity index is 1.44. The van der Waals surface area contributed by atoms with Gasteiger partial charge >= 0.3 is 0 Å².